The molecule has 0 spiro atoms. The van der Waals surface area contributed by atoms with E-state index in [-0.39, 0.29) is 25.3 Å². The van der Waals surface area contributed by atoms with Crippen molar-refractivity contribution in [2.75, 3.05) is 66.9 Å². The summed E-state index contributed by atoms with van der Waals surface area (Å²) >= 11 is 7.07. The van der Waals surface area contributed by atoms with Gasteiger partial charge in [0.1, 0.15) is 23.3 Å². The SMILES string of the molecule is Brc1cnn2c(NCc3cccnc3)cc(N3CCCC3)nc12.CCCC(CN=O)NC.CCO.OCC1CCCCN1c1cc(NCc2cccnc2)n2ncc(Br)c2n1. The van der Waals surface area contributed by atoms with Crippen LogP contribution in [0.2, 0.25) is 0 Å². The Bertz CT molecular complexity index is 2190. The fourth-order valence-corrected chi connectivity index (χ4v) is 7.70. The van der Waals surface area contributed by atoms with Crippen LogP contribution in [-0.4, -0.2) is 108 Å². The van der Waals surface area contributed by atoms with Crippen LogP contribution in [0.4, 0.5) is 23.3 Å². The van der Waals surface area contributed by atoms with Crippen molar-refractivity contribution in [1.29, 1.82) is 0 Å². The molecule has 0 aromatic carbocycles. The molecular weight excluding hydrogens is 908 g/mol. The molecule has 5 N–H and O–H groups in total. The van der Waals surface area contributed by atoms with Gasteiger partial charge in [-0.25, -0.2) is 9.97 Å². The molecule has 2 saturated heterocycles. The molecule has 6 aromatic heterocycles. The Kier molecular flexibility index (Phi) is 19.5. The predicted octanol–water partition coefficient (Wildman–Crippen LogP) is 7.09. The third-order valence-corrected chi connectivity index (χ3v) is 11.2. The molecule has 61 heavy (non-hydrogen) atoms. The van der Waals surface area contributed by atoms with Gasteiger partial charge < -0.3 is 36.0 Å². The summed E-state index contributed by atoms with van der Waals surface area (Å²) in [7, 11) is 1.85. The van der Waals surface area contributed by atoms with Gasteiger partial charge in [0.2, 0.25) is 0 Å². The number of anilines is 4. The molecule has 8 rings (SSSR count). The first kappa shape index (κ1) is 47.2. The first-order valence-corrected chi connectivity index (χ1v) is 22.5. The first-order chi connectivity index (χ1) is 29.8. The van der Waals surface area contributed by atoms with Gasteiger partial charge in [0, 0.05) is 82.3 Å². The van der Waals surface area contributed by atoms with E-state index in [9.17, 15) is 10.0 Å². The Morgan fingerprint density at radius 3 is 1.84 bits per heavy atom. The molecule has 2 aliphatic rings. The van der Waals surface area contributed by atoms with Crippen molar-refractivity contribution >= 4 is 66.4 Å². The Balaban J connectivity index is 0.000000184. The van der Waals surface area contributed by atoms with E-state index in [2.05, 4.69) is 102 Å². The van der Waals surface area contributed by atoms with Gasteiger partial charge in [0.25, 0.3) is 0 Å². The van der Waals surface area contributed by atoms with Crippen LogP contribution in [0.25, 0.3) is 11.3 Å². The summed E-state index contributed by atoms with van der Waals surface area (Å²) in [6.07, 6.45) is 18.6. The number of pyridine rings is 2. The number of nitrogens with one attached hydrogen (secondary N) is 3. The summed E-state index contributed by atoms with van der Waals surface area (Å²) in [6.45, 7) is 8.94. The van der Waals surface area contributed by atoms with E-state index >= 15 is 0 Å². The molecular formula is C42H58Br2N14O3. The second kappa shape index (κ2) is 25.2. The molecule has 2 aliphatic heterocycles. The molecule has 0 radical (unpaired) electrons. The van der Waals surface area contributed by atoms with Crippen molar-refractivity contribution in [2.24, 2.45) is 5.18 Å². The smallest absolute Gasteiger partial charge is 0.173 e. The standard InChI is InChI=1S/C18H21BrN6O.C16H17BrN6.C6H14N2O.C2H6O/c19-15-11-22-25-16(21-10-13-4-3-6-20-9-13)8-17(23-18(15)25)24-7-2-1-5-14(24)12-26;17-13-11-20-23-14(19-10-12-4-3-5-18-9-12)8-15(21-16(13)23)22-6-1-2-7-22;1-3-4-6(7-2)5-8-9;1-2-3/h3-4,6,8-9,11,14,21,26H,1-2,5,7,10,12H2;3-5,8-9,11,19H,1-2,6-7,10H2;6-7H,3-5H2,1-2H3;3H,2H2,1H3. The highest BCUT2D eigenvalue weighted by molar-refractivity contribution is 9.11. The fraction of sp³-hybridized carbons (Fsp3) is 0.476. The number of nitroso groups, excluding NO2 is 1. The number of likely N-dealkylation sites (N-methyl/N-ethyl adjacent to an activating group) is 1. The lowest BCUT2D eigenvalue weighted by Crippen LogP contribution is -2.42. The van der Waals surface area contributed by atoms with Gasteiger partial charge >= 0.3 is 0 Å². The molecule has 0 saturated carbocycles. The predicted molar refractivity (Wildman–Crippen MR) is 249 cm³/mol. The van der Waals surface area contributed by atoms with E-state index in [1.165, 1.54) is 12.8 Å². The van der Waals surface area contributed by atoms with Crippen LogP contribution in [0.5, 0.6) is 0 Å². The Hall–Kier alpha value is -4.82. The molecule has 0 bridgehead atoms. The van der Waals surface area contributed by atoms with Gasteiger partial charge in [-0.2, -0.15) is 24.1 Å². The second-order valence-electron chi connectivity index (χ2n) is 14.5. The zero-order chi connectivity index (χ0) is 43.4. The summed E-state index contributed by atoms with van der Waals surface area (Å²) in [5.41, 5.74) is 3.82. The average molecular weight is 967 g/mol. The van der Waals surface area contributed by atoms with E-state index in [0.29, 0.717) is 19.6 Å². The topological polar surface area (TPSA) is 199 Å². The largest absolute Gasteiger partial charge is 0.397 e. The number of hydrogen-bond donors (Lipinski definition) is 5. The summed E-state index contributed by atoms with van der Waals surface area (Å²) in [5, 5.41) is 38.9. The number of hydrogen-bond acceptors (Lipinski definition) is 15. The lowest BCUT2D eigenvalue weighted by Gasteiger charge is -2.35. The highest BCUT2D eigenvalue weighted by Gasteiger charge is 2.25. The van der Waals surface area contributed by atoms with Gasteiger partial charge in [0.15, 0.2) is 11.3 Å². The lowest BCUT2D eigenvalue weighted by atomic mass is 10.0. The third-order valence-electron chi connectivity index (χ3n) is 10.1. The van der Waals surface area contributed by atoms with Gasteiger partial charge in [-0.15, -0.1) is 0 Å². The highest BCUT2D eigenvalue weighted by atomic mass is 79.9. The zero-order valence-corrected chi connectivity index (χ0v) is 38.3. The molecule has 6 aromatic rings. The molecule has 19 heteroatoms. The number of rotatable bonds is 14. The summed E-state index contributed by atoms with van der Waals surface area (Å²) < 4.78 is 5.38. The number of nitrogens with zero attached hydrogens (tertiary/aromatic N) is 11. The minimum Gasteiger partial charge on any atom is -0.397 e. The Morgan fingerprint density at radius 2 is 1.34 bits per heavy atom. The summed E-state index contributed by atoms with van der Waals surface area (Å²) in [6, 6.07) is 12.4. The molecule has 328 valence electrons. The van der Waals surface area contributed by atoms with Crippen molar-refractivity contribution < 1.29 is 10.2 Å². The van der Waals surface area contributed by atoms with Crippen molar-refractivity contribution in [3.63, 3.8) is 0 Å². The van der Waals surface area contributed by atoms with E-state index < -0.39 is 0 Å². The Morgan fingerprint density at radius 1 is 0.803 bits per heavy atom. The van der Waals surface area contributed by atoms with Crippen LogP contribution in [0.1, 0.15) is 69.9 Å². The third kappa shape index (κ3) is 13.6. The quantitative estimate of drug-likeness (QED) is 0.0694. The maximum atomic E-state index is 9.76. The van der Waals surface area contributed by atoms with Crippen molar-refractivity contribution in [1.82, 2.24) is 44.5 Å². The van der Waals surface area contributed by atoms with Gasteiger partial charge in [-0.1, -0.05) is 30.7 Å². The van der Waals surface area contributed by atoms with Crippen molar-refractivity contribution in [3.8, 4) is 0 Å². The number of aliphatic hydroxyl groups excluding tert-OH is 2. The number of aromatic nitrogens is 8. The molecule has 2 unspecified atom stereocenters. The zero-order valence-electron chi connectivity index (χ0n) is 35.2. The highest BCUT2D eigenvalue weighted by Crippen LogP contribution is 2.29. The molecule has 0 aliphatic carbocycles. The van der Waals surface area contributed by atoms with E-state index in [1.54, 1.807) is 36.2 Å². The average Bonchev–Trinajstić information content (AvgIpc) is 4.07. The van der Waals surface area contributed by atoms with Gasteiger partial charge in [0.05, 0.1) is 40.5 Å². The van der Waals surface area contributed by atoms with Crippen LogP contribution < -0.4 is 25.8 Å². The number of halogens is 2. The molecule has 17 nitrogen and oxygen atoms in total. The van der Waals surface area contributed by atoms with Crippen molar-refractivity contribution in [3.05, 3.63) is 98.6 Å². The number of aliphatic hydroxyl groups is 2. The van der Waals surface area contributed by atoms with E-state index in [1.807, 2.05) is 48.2 Å². The van der Waals surface area contributed by atoms with Crippen LogP contribution in [0, 0.1) is 4.91 Å². The van der Waals surface area contributed by atoms with Gasteiger partial charge in [-0.05, 0) is 108 Å². The summed E-state index contributed by atoms with van der Waals surface area (Å²) in [5.74, 6) is 3.67. The van der Waals surface area contributed by atoms with Crippen LogP contribution >= 0.6 is 31.9 Å². The van der Waals surface area contributed by atoms with Gasteiger partial charge in [-0.3, -0.25) is 9.97 Å². The maximum Gasteiger partial charge on any atom is 0.173 e. The second-order valence-corrected chi connectivity index (χ2v) is 16.2. The minimum atomic E-state index is 0.117. The summed E-state index contributed by atoms with van der Waals surface area (Å²) in [4.78, 5) is 32.2. The number of piperidine rings is 1. The van der Waals surface area contributed by atoms with Crippen molar-refractivity contribution in [2.45, 2.75) is 84.0 Å². The Labute approximate surface area is 374 Å². The van der Waals surface area contributed by atoms with E-state index in [4.69, 9.17) is 15.1 Å². The molecule has 8 heterocycles. The van der Waals surface area contributed by atoms with E-state index in [0.717, 1.165) is 106 Å². The van der Waals surface area contributed by atoms with Crippen LogP contribution in [0.3, 0.4) is 0 Å². The first-order valence-electron chi connectivity index (χ1n) is 20.9. The monoisotopic (exact) mass is 964 g/mol. The molecule has 2 fully saturated rings. The van der Waals surface area contributed by atoms with Crippen LogP contribution in [-0.2, 0) is 13.1 Å². The maximum absolute atomic E-state index is 9.76. The van der Waals surface area contributed by atoms with Crippen LogP contribution in [0.15, 0.2) is 87.7 Å². The number of fused-ring (bicyclic) bond motifs is 2. The lowest BCUT2D eigenvalue weighted by molar-refractivity contribution is 0.239. The fourth-order valence-electron chi connectivity index (χ4n) is 7.00. The molecule has 0 amide bonds. The molecule has 2 atom stereocenters. The minimum absolute atomic E-state index is 0.117. The normalized spacial score (nSPS) is 15.2.